The van der Waals surface area contributed by atoms with Gasteiger partial charge in [-0.15, -0.1) is 0 Å². The molecule has 0 saturated carbocycles. The van der Waals surface area contributed by atoms with E-state index in [4.69, 9.17) is 4.74 Å². The normalized spacial score (nSPS) is 19.8. The Labute approximate surface area is 142 Å². The second-order valence-corrected chi connectivity index (χ2v) is 6.16. The molecule has 1 heterocycles. The first-order valence-corrected chi connectivity index (χ1v) is 8.29. The van der Waals surface area contributed by atoms with Gasteiger partial charge < -0.3 is 4.74 Å². The molecule has 2 amide bonds. The van der Waals surface area contributed by atoms with Gasteiger partial charge in [0.05, 0.1) is 0 Å². The van der Waals surface area contributed by atoms with Crippen LogP contribution in [-0.2, 0) is 9.59 Å². The van der Waals surface area contributed by atoms with E-state index in [1.54, 1.807) is 0 Å². The van der Waals surface area contributed by atoms with Gasteiger partial charge in [-0.25, -0.2) is 5.43 Å². The summed E-state index contributed by atoms with van der Waals surface area (Å²) in [5.41, 5.74) is 12.9. The fourth-order valence-corrected chi connectivity index (χ4v) is 2.59. The molecule has 1 aromatic rings. The second-order valence-electron chi connectivity index (χ2n) is 6.16. The Morgan fingerprint density at radius 2 is 2.04 bits per heavy atom. The van der Waals surface area contributed by atoms with Gasteiger partial charge >= 0.3 is 0 Å². The number of hydrazine groups is 2. The molecule has 0 bridgehead atoms. The molecule has 1 fully saturated rings. The van der Waals surface area contributed by atoms with Crippen molar-refractivity contribution in [3.05, 3.63) is 29.3 Å². The molecular formula is C17H26N4O3. The molecule has 0 radical (unpaired) electrons. The van der Waals surface area contributed by atoms with Crippen molar-refractivity contribution in [2.75, 3.05) is 6.61 Å². The largest absolute Gasteiger partial charge is 0.483 e. The average Bonchev–Trinajstić information content (AvgIpc) is 3.02. The number of ether oxygens (including phenoxy) is 1. The van der Waals surface area contributed by atoms with Crippen LogP contribution in [0.15, 0.2) is 18.2 Å². The zero-order chi connectivity index (χ0) is 17.5. The van der Waals surface area contributed by atoms with Crippen LogP contribution in [0.25, 0.3) is 0 Å². The van der Waals surface area contributed by atoms with Crippen molar-refractivity contribution in [3.63, 3.8) is 0 Å². The van der Waals surface area contributed by atoms with E-state index in [2.05, 4.69) is 28.6 Å². The van der Waals surface area contributed by atoms with Gasteiger partial charge in [-0.05, 0) is 43.9 Å². The fourth-order valence-electron chi connectivity index (χ4n) is 2.59. The van der Waals surface area contributed by atoms with Gasteiger partial charge in [-0.1, -0.05) is 25.5 Å². The molecule has 2 unspecified atom stereocenters. The van der Waals surface area contributed by atoms with E-state index in [-0.39, 0.29) is 24.6 Å². The Bertz CT molecular complexity index is 591. The molecule has 0 aromatic heterocycles. The summed E-state index contributed by atoms with van der Waals surface area (Å²) in [6, 6.07) is 5.74. The summed E-state index contributed by atoms with van der Waals surface area (Å²) >= 11 is 0. The summed E-state index contributed by atoms with van der Waals surface area (Å²) in [5, 5.41) is 0. The zero-order valence-corrected chi connectivity index (χ0v) is 14.4. The van der Waals surface area contributed by atoms with Crippen LogP contribution < -0.4 is 26.4 Å². The quantitative estimate of drug-likeness (QED) is 0.579. The van der Waals surface area contributed by atoms with Gasteiger partial charge in [0, 0.05) is 6.04 Å². The Balaban J connectivity index is 1.71. The summed E-state index contributed by atoms with van der Waals surface area (Å²) in [6.45, 7) is 5.82. The van der Waals surface area contributed by atoms with E-state index in [1.165, 1.54) is 0 Å². The Morgan fingerprint density at radius 3 is 2.79 bits per heavy atom. The van der Waals surface area contributed by atoms with Crippen molar-refractivity contribution in [2.24, 2.45) is 0 Å². The molecule has 1 saturated heterocycles. The number of aryl methyl sites for hydroxylation is 2. The molecule has 0 aliphatic carbocycles. The standard InChI is InChI=1S/C17H26N4O3/c1-4-5-13-9-14(19-18-13)17(23)21-20-16(22)10-24-15-8-11(2)6-7-12(15)3/h6-8,13-14,18-19H,4-5,9-10H2,1-3H3,(H,20,22)(H,21,23). The molecule has 7 heteroatoms. The molecule has 132 valence electrons. The monoisotopic (exact) mass is 334 g/mol. The Hall–Kier alpha value is -2.12. The molecule has 24 heavy (non-hydrogen) atoms. The lowest BCUT2D eigenvalue weighted by molar-refractivity contribution is -0.130. The van der Waals surface area contributed by atoms with Crippen LogP contribution in [0.3, 0.4) is 0 Å². The van der Waals surface area contributed by atoms with Crippen molar-refractivity contribution in [3.8, 4) is 5.75 Å². The van der Waals surface area contributed by atoms with E-state index in [0.29, 0.717) is 12.2 Å². The van der Waals surface area contributed by atoms with Crippen molar-refractivity contribution in [2.45, 2.75) is 52.1 Å². The summed E-state index contributed by atoms with van der Waals surface area (Å²) in [6.07, 6.45) is 2.77. The maximum absolute atomic E-state index is 12.0. The third-order valence-electron chi connectivity index (χ3n) is 3.96. The van der Waals surface area contributed by atoms with Gasteiger partial charge in [0.1, 0.15) is 11.8 Å². The fraction of sp³-hybridized carbons (Fsp3) is 0.529. The van der Waals surface area contributed by atoms with Crippen molar-refractivity contribution in [1.82, 2.24) is 21.7 Å². The predicted octanol–water partition coefficient (Wildman–Crippen LogP) is 0.865. The SMILES string of the molecule is CCCC1CC(C(=O)NNC(=O)COc2cc(C)ccc2C)NN1. The lowest BCUT2D eigenvalue weighted by atomic mass is 10.1. The first-order valence-electron chi connectivity index (χ1n) is 8.29. The van der Waals surface area contributed by atoms with Gasteiger partial charge in [0.2, 0.25) is 0 Å². The molecule has 0 spiro atoms. The second kappa shape index (κ2) is 8.65. The van der Waals surface area contributed by atoms with Gasteiger partial charge in [0.25, 0.3) is 11.8 Å². The highest BCUT2D eigenvalue weighted by Crippen LogP contribution is 2.18. The molecule has 1 aromatic carbocycles. The maximum Gasteiger partial charge on any atom is 0.276 e. The molecule has 4 N–H and O–H groups in total. The number of hydrogen-bond donors (Lipinski definition) is 4. The zero-order valence-electron chi connectivity index (χ0n) is 14.4. The third-order valence-corrected chi connectivity index (χ3v) is 3.96. The minimum atomic E-state index is -0.402. The Kier molecular flexibility index (Phi) is 6.57. The Morgan fingerprint density at radius 1 is 1.25 bits per heavy atom. The number of amides is 2. The van der Waals surface area contributed by atoms with E-state index >= 15 is 0 Å². The summed E-state index contributed by atoms with van der Waals surface area (Å²) in [7, 11) is 0. The number of carbonyl (C=O) groups excluding carboxylic acids is 2. The highest BCUT2D eigenvalue weighted by atomic mass is 16.5. The highest BCUT2D eigenvalue weighted by Gasteiger charge is 2.28. The van der Waals surface area contributed by atoms with Crippen LogP contribution in [0.1, 0.15) is 37.3 Å². The van der Waals surface area contributed by atoms with Crippen LogP contribution >= 0.6 is 0 Å². The van der Waals surface area contributed by atoms with Crippen molar-refractivity contribution >= 4 is 11.8 Å². The van der Waals surface area contributed by atoms with Crippen molar-refractivity contribution in [1.29, 1.82) is 0 Å². The molecule has 7 nitrogen and oxygen atoms in total. The van der Waals surface area contributed by atoms with E-state index < -0.39 is 5.91 Å². The minimum Gasteiger partial charge on any atom is -0.483 e. The van der Waals surface area contributed by atoms with Crippen LogP contribution in [0.2, 0.25) is 0 Å². The average molecular weight is 334 g/mol. The van der Waals surface area contributed by atoms with Gasteiger partial charge in [-0.3, -0.25) is 25.9 Å². The number of rotatable bonds is 6. The molecule has 2 rings (SSSR count). The number of benzene rings is 1. The first-order chi connectivity index (χ1) is 11.5. The van der Waals surface area contributed by atoms with E-state index in [0.717, 1.165) is 24.0 Å². The highest BCUT2D eigenvalue weighted by molar-refractivity contribution is 5.85. The van der Waals surface area contributed by atoms with E-state index in [1.807, 2.05) is 32.0 Å². The van der Waals surface area contributed by atoms with Gasteiger partial charge in [-0.2, -0.15) is 0 Å². The van der Waals surface area contributed by atoms with E-state index in [9.17, 15) is 9.59 Å². The number of carbonyl (C=O) groups is 2. The molecule has 1 aliphatic rings. The van der Waals surface area contributed by atoms with Crippen molar-refractivity contribution < 1.29 is 14.3 Å². The first kappa shape index (κ1) is 18.2. The number of hydrogen-bond acceptors (Lipinski definition) is 5. The van der Waals surface area contributed by atoms with Gasteiger partial charge in [0.15, 0.2) is 6.61 Å². The minimum absolute atomic E-state index is 0.153. The predicted molar refractivity (Wildman–Crippen MR) is 91.1 cm³/mol. The third kappa shape index (κ3) is 5.21. The lowest BCUT2D eigenvalue weighted by Gasteiger charge is -2.13. The summed E-state index contributed by atoms with van der Waals surface area (Å²) in [5.74, 6) is 0.00190. The molecule has 1 aliphatic heterocycles. The molecule has 2 atom stereocenters. The number of nitrogens with one attached hydrogen (secondary N) is 4. The van der Waals surface area contributed by atoms with Crippen LogP contribution in [0, 0.1) is 13.8 Å². The van der Waals surface area contributed by atoms with Crippen LogP contribution in [-0.4, -0.2) is 30.5 Å². The smallest absolute Gasteiger partial charge is 0.276 e. The molecular weight excluding hydrogens is 308 g/mol. The summed E-state index contributed by atoms with van der Waals surface area (Å²) in [4.78, 5) is 23.8. The van der Waals surface area contributed by atoms with Crippen LogP contribution in [0.4, 0.5) is 0 Å². The summed E-state index contributed by atoms with van der Waals surface area (Å²) < 4.78 is 5.49. The topological polar surface area (TPSA) is 91.5 Å². The maximum atomic E-state index is 12.0. The lowest BCUT2D eigenvalue weighted by Crippen LogP contribution is -2.51. The van der Waals surface area contributed by atoms with Crippen LogP contribution in [0.5, 0.6) is 5.75 Å².